The highest BCUT2D eigenvalue weighted by atomic mass is 35.5. The van der Waals surface area contributed by atoms with Crippen molar-refractivity contribution in [2.45, 2.75) is 30.7 Å². The molecule has 2 unspecified atom stereocenters. The fraction of sp³-hybridized carbons (Fsp3) is 0.333. The van der Waals surface area contributed by atoms with Crippen molar-refractivity contribution in [2.75, 3.05) is 6.61 Å². The molecule has 1 saturated heterocycles. The fourth-order valence-corrected chi connectivity index (χ4v) is 3.46. The van der Waals surface area contributed by atoms with Crippen LogP contribution in [-0.2, 0) is 4.74 Å². The Morgan fingerprint density at radius 1 is 1.00 bits per heavy atom. The molecule has 2 heterocycles. The van der Waals surface area contributed by atoms with E-state index < -0.39 is 0 Å². The van der Waals surface area contributed by atoms with Gasteiger partial charge in [0.1, 0.15) is 11.2 Å². The van der Waals surface area contributed by atoms with E-state index in [0.717, 1.165) is 47.0 Å². The highest BCUT2D eigenvalue weighted by molar-refractivity contribution is 6.21. The van der Waals surface area contributed by atoms with Crippen LogP contribution >= 0.6 is 11.6 Å². The minimum atomic E-state index is -0.0941. The molecule has 3 aromatic rings. The molecule has 0 aliphatic carbocycles. The van der Waals surface area contributed by atoms with Crippen LogP contribution in [0.5, 0.6) is 0 Å². The van der Waals surface area contributed by atoms with E-state index in [1.165, 1.54) is 6.42 Å². The summed E-state index contributed by atoms with van der Waals surface area (Å²) in [5.41, 5.74) is 2.95. The molecule has 2 aromatic carbocycles. The van der Waals surface area contributed by atoms with Gasteiger partial charge in [0.2, 0.25) is 0 Å². The van der Waals surface area contributed by atoms with Gasteiger partial charge in [0.15, 0.2) is 0 Å². The van der Waals surface area contributed by atoms with E-state index in [-0.39, 0.29) is 11.5 Å². The van der Waals surface area contributed by atoms with Crippen LogP contribution in [0.2, 0.25) is 0 Å². The largest absolute Gasteiger partial charge is 0.456 e. The lowest BCUT2D eigenvalue weighted by Crippen LogP contribution is -2.23. The topological polar surface area (TPSA) is 22.4 Å². The van der Waals surface area contributed by atoms with E-state index >= 15 is 0 Å². The zero-order valence-electron chi connectivity index (χ0n) is 11.7. The molecule has 1 aliphatic rings. The predicted octanol–water partition coefficient (Wildman–Crippen LogP) is 5.44. The molecule has 0 N–H and O–H groups in total. The summed E-state index contributed by atoms with van der Waals surface area (Å²) in [6, 6.07) is 14.3. The third kappa shape index (κ3) is 2.33. The molecule has 108 valence electrons. The lowest BCUT2D eigenvalue weighted by atomic mass is 9.99. The Kier molecular flexibility index (Phi) is 3.36. The quantitative estimate of drug-likeness (QED) is 0.588. The van der Waals surface area contributed by atoms with Crippen molar-refractivity contribution in [2.24, 2.45) is 0 Å². The second-order valence-electron chi connectivity index (χ2n) is 5.66. The minimum absolute atomic E-state index is 0.0941. The molecule has 1 fully saturated rings. The first-order chi connectivity index (χ1) is 10.3. The van der Waals surface area contributed by atoms with Crippen LogP contribution in [0.1, 0.15) is 30.2 Å². The Morgan fingerprint density at radius 2 is 1.86 bits per heavy atom. The van der Waals surface area contributed by atoms with Crippen molar-refractivity contribution in [1.29, 1.82) is 0 Å². The summed E-state index contributed by atoms with van der Waals surface area (Å²) in [6.45, 7) is 0.824. The fourth-order valence-electron chi connectivity index (χ4n) is 3.13. The zero-order chi connectivity index (χ0) is 14.2. The molecule has 1 aromatic heterocycles. The number of para-hydroxylation sites is 1. The Bertz CT molecular complexity index is 771. The van der Waals surface area contributed by atoms with Crippen LogP contribution in [0, 0.1) is 0 Å². The van der Waals surface area contributed by atoms with Crippen LogP contribution in [0.4, 0.5) is 0 Å². The number of rotatable bonds is 2. The number of halogens is 1. The van der Waals surface area contributed by atoms with E-state index in [1.807, 2.05) is 24.3 Å². The lowest BCUT2D eigenvalue weighted by molar-refractivity contribution is 0.0136. The van der Waals surface area contributed by atoms with E-state index in [1.54, 1.807) is 0 Å². The zero-order valence-corrected chi connectivity index (χ0v) is 12.5. The van der Waals surface area contributed by atoms with E-state index in [4.69, 9.17) is 20.8 Å². The molecule has 21 heavy (non-hydrogen) atoms. The first-order valence-electron chi connectivity index (χ1n) is 7.50. The van der Waals surface area contributed by atoms with Gasteiger partial charge in [0, 0.05) is 17.4 Å². The summed E-state index contributed by atoms with van der Waals surface area (Å²) in [4.78, 5) is 0. The molecule has 0 spiro atoms. The van der Waals surface area contributed by atoms with Crippen molar-refractivity contribution in [3.05, 3.63) is 48.0 Å². The van der Waals surface area contributed by atoms with Crippen molar-refractivity contribution in [1.82, 2.24) is 0 Å². The molecule has 0 radical (unpaired) electrons. The summed E-state index contributed by atoms with van der Waals surface area (Å²) >= 11 is 6.65. The van der Waals surface area contributed by atoms with Gasteiger partial charge >= 0.3 is 0 Å². The van der Waals surface area contributed by atoms with Crippen molar-refractivity contribution in [3.8, 4) is 0 Å². The molecule has 0 bridgehead atoms. The molecular formula is C18H17ClO2. The van der Waals surface area contributed by atoms with Crippen LogP contribution in [0.3, 0.4) is 0 Å². The minimum Gasteiger partial charge on any atom is -0.456 e. The van der Waals surface area contributed by atoms with Gasteiger partial charge in [-0.1, -0.05) is 24.3 Å². The average Bonchev–Trinajstić information content (AvgIpc) is 2.93. The number of fused-ring (bicyclic) bond motifs is 3. The van der Waals surface area contributed by atoms with E-state index in [9.17, 15) is 0 Å². The normalized spacial score (nSPS) is 20.9. The molecule has 0 saturated carbocycles. The van der Waals surface area contributed by atoms with Gasteiger partial charge in [-0.3, -0.25) is 0 Å². The van der Waals surface area contributed by atoms with E-state index in [0.29, 0.717) is 0 Å². The first-order valence-corrected chi connectivity index (χ1v) is 7.93. The molecular weight excluding hydrogens is 284 g/mol. The van der Waals surface area contributed by atoms with Crippen molar-refractivity contribution >= 4 is 33.5 Å². The van der Waals surface area contributed by atoms with Crippen LogP contribution in [0.15, 0.2) is 46.9 Å². The molecule has 2 nitrogen and oxygen atoms in total. The summed E-state index contributed by atoms with van der Waals surface area (Å²) in [6.07, 6.45) is 3.50. The number of benzene rings is 2. The number of hydrogen-bond donors (Lipinski definition) is 0. The van der Waals surface area contributed by atoms with Gasteiger partial charge in [-0.05, 0) is 43.0 Å². The second-order valence-corrected chi connectivity index (χ2v) is 6.13. The Labute approximate surface area is 128 Å². The number of alkyl halides is 1. The van der Waals surface area contributed by atoms with E-state index in [2.05, 4.69) is 18.2 Å². The monoisotopic (exact) mass is 300 g/mol. The maximum absolute atomic E-state index is 6.65. The maximum Gasteiger partial charge on any atom is 0.135 e. The Hall–Kier alpha value is -1.51. The van der Waals surface area contributed by atoms with Gasteiger partial charge in [-0.15, -0.1) is 11.6 Å². The van der Waals surface area contributed by atoms with Gasteiger partial charge in [-0.25, -0.2) is 0 Å². The molecule has 0 amide bonds. The Morgan fingerprint density at radius 3 is 2.71 bits per heavy atom. The highest BCUT2D eigenvalue weighted by Gasteiger charge is 2.24. The first kappa shape index (κ1) is 13.2. The van der Waals surface area contributed by atoms with Crippen LogP contribution < -0.4 is 0 Å². The summed E-state index contributed by atoms with van der Waals surface area (Å²) < 4.78 is 11.7. The predicted molar refractivity (Wildman–Crippen MR) is 85.9 cm³/mol. The highest BCUT2D eigenvalue weighted by Crippen LogP contribution is 2.36. The third-order valence-corrected chi connectivity index (χ3v) is 4.79. The van der Waals surface area contributed by atoms with Crippen LogP contribution in [-0.4, -0.2) is 12.7 Å². The SMILES string of the molecule is ClC(c1ccc2oc3ccccc3c2c1)C1CCCCO1. The molecule has 2 atom stereocenters. The molecule has 3 heteroatoms. The van der Waals surface area contributed by atoms with Gasteiger partial charge in [0.25, 0.3) is 0 Å². The van der Waals surface area contributed by atoms with Gasteiger partial charge in [0.05, 0.1) is 11.5 Å². The van der Waals surface area contributed by atoms with Crippen LogP contribution in [0.25, 0.3) is 21.9 Å². The summed E-state index contributed by atoms with van der Waals surface area (Å²) in [5.74, 6) is 0. The van der Waals surface area contributed by atoms with Crippen molar-refractivity contribution in [3.63, 3.8) is 0 Å². The summed E-state index contributed by atoms with van der Waals surface area (Å²) in [7, 11) is 0. The van der Waals surface area contributed by atoms with Gasteiger partial charge < -0.3 is 9.15 Å². The number of ether oxygens (including phenoxy) is 1. The van der Waals surface area contributed by atoms with Crippen molar-refractivity contribution < 1.29 is 9.15 Å². The Balaban J connectivity index is 1.76. The molecule has 4 rings (SSSR count). The second kappa shape index (κ2) is 5.36. The maximum atomic E-state index is 6.65. The summed E-state index contributed by atoms with van der Waals surface area (Å²) in [5, 5.41) is 2.18. The smallest absolute Gasteiger partial charge is 0.135 e. The van der Waals surface area contributed by atoms with Gasteiger partial charge in [-0.2, -0.15) is 0 Å². The average molecular weight is 301 g/mol. The number of hydrogen-bond acceptors (Lipinski definition) is 2. The lowest BCUT2D eigenvalue weighted by Gasteiger charge is -2.26. The third-order valence-electron chi connectivity index (χ3n) is 4.26. The standard InChI is InChI=1S/C18H17ClO2/c19-18(17-7-3-4-10-20-17)12-8-9-16-14(11-12)13-5-1-2-6-15(13)21-16/h1-2,5-6,8-9,11,17-18H,3-4,7,10H2. The number of furan rings is 1. The molecule has 1 aliphatic heterocycles.